The molecule has 0 spiro atoms. The van der Waals surface area contributed by atoms with E-state index in [0.29, 0.717) is 6.54 Å². The fourth-order valence-corrected chi connectivity index (χ4v) is 5.56. The molecule has 0 aliphatic heterocycles. The molecule has 3 nitrogen and oxygen atoms in total. The standard InChI is InChI=1S/C18H23NO2S2/c1-15-6-8-16(9-7-15)13-23(20,21)19-14-18(10-2-3-11-18)17-5-4-12-22-17/h4-9,12,19H,2-3,10-11,13-14H2,1H3. The van der Waals surface area contributed by atoms with Gasteiger partial charge in [0.15, 0.2) is 0 Å². The van der Waals surface area contributed by atoms with E-state index in [1.54, 1.807) is 11.3 Å². The number of thiophene rings is 1. The zero-order chi connectivity index (χ0) is 16.3. The van der Waals surface area contributed by atoms with Crippen molar-refractivity contribution in [3.63, 3.8) is 0 Å². The third kappa shape index (κ3) is 4.03. The maximum atomic E-state index is 12.4. The van der Waals surface area contributed by atoms with Gasteiger partial charge in [0.1, 0.15) is 0 Å². The molecule has 1 aromatic heterocycles. The molecule has 1 fully saturated rings. The third-order valence-corrected chi connectivity index (χ3v) is 7.13. The normalized spacial score (nSPS) is 17.4. The molecule has 23 heavy (non-hydrogen) atoms. The van der Waals surface area contributed by atoms with Gasteiger partial charge in [0, 0.05) is 16.8 Å². The molecule has 0 bridgehead atoms. The van der Waals surface area contributed by atoms with Crippen molar-refractivity contribution in [2.45, 2.75) is 43.8 Å². The zero-order valence-electron chi connectivity index (χ0n) is 13.4. The van der Waals surface area contributed by atoms with Crippen molar-refractivity contribution < 1.29 is 8.42 Å². The molecule has 124 valence electrons. The second-order valence-electron chi connectivity index (χ2n) is 6.53. The Bertz CT molecular complexity index is 728. The van der Waals surface area contributed by atoms with Crippen LogP contribution in [0.25, 0.3) is 0 Å². The van der Waals surface area contributed by atoms with Crippen LogP contribution in [0, 0.1) is 6.92 Å². The van der Waals surface area contributed by atoms with Crippen LogP contribution >= 0.6 is 11.3 Å². The molecule has 0 unspecified atom stereocenters. The van der Waals surface area contributed by atoms with Crippen molar-refractivity contribution in [3.8, 4) is 0 Å². The lowest BCUT2D eigenvalue weighted by Crippen LogP contribution is -2.39. The van der Waals surface area contributed by atoms with Gasteiger partial charge in [-0.1, -0.05) is 48.7 Å². The van der Waals surface area contributed by atoms with Crippen LogP contribution in [0.1, 0.15) is 41.7 Å². The SMILES string of the molecule is Cc1ccc(CS(=O)(=O)NCC2(c3cccs3)CCCC2)cc1. The number of nitrogens with one attached hydrogen (secondary N) is 1. The average Bonchev–Trinajstić information content (AvgIpc) is 3.19. The Balaban J connectivity index is 1.69. The molecule has 1 N–H and O–H groups in total. The molecule has 2 aromatic rings. The van der Waals surface area contributed by atoms with Crippen molar-refractivity contribution in [1.29, 1.82) is 0 Å². The summed E-state index contributed by atoms with van der Waals surface area (Å²) in [5.74, 6) is 0.0494. The van der Waals surface area contributed by atoms with Gasteiger partial charge in [-0.25, -0.2) is 13.1 Å². The van der Waals surface area contributed by atoms with Gasteiger partial charge in [0.25, 0.3) is 0 Å². The second kappa shape index (κ2) is 6.75. The lowest BCUT2D eigenvalue weighted by atomic mass is 9.85. The molecule has 1 saturated carbocycles. The molecule has 0 radical (unpaired) electrons. The summed E-state index contributed by atoms with van der Waals surface area (Å²) in [6.07, 6.45) is 4.50. The minimum atomic E-state index is -3.31. The maximum Gasteiger partial charge on any atom is 0.215 e. The summed E-state index contributed by atoms with van der Waals surface area (Å²) < 4.78 is 27.8. The fourth-order valence-electron chi connectivity index (χ4n) is 3.35. The summed E-state index contributed by atoms with van der Waals surface area (Å²) in [6.45, 7) is 2.52. The molecule has 0 amide bonds. The monoisotopic (exact) mass is 349 g/mol. The Morgan fingerprint density at radius 3 is 2.43 bits per heavy atom. The van der Waals surface area contributed by atoms with Crippen LogP contribution < -0.4 is 4.72 Å². The van der Waals surface area contributed by atoms with E-state index in [1.807, 2.05) is 31.2 Å². The highest BCUT2D eigenvalue weighted by atomic mass is 32.2. The maximum absolute atomic E-state index is 12.4. The molecule has 0 saturated heterocycles. The van der Waals surface area contributed by atoms with Gasteiger partial charge >= 0.3 is 0 Å². The van der Waals surface area contributed by atoms with Crippen LogP contribution in [0.4, 0.5) is 0 Å². The average molecular weight is 350 g/mol. The number of hydrogen-bond acceptors (Lipinski definition) is 3. The molecule has 3 rings (SSSR count). The van der Waals surface area contributed by atoms with E-state index in [1.165, 1.54) is 17.7 Å². The highest BCUT2D eigenvalue weighted by Crippen LogP contribution is 2.42. The van der Waals surface area contributed by atoms with Crippen molar-refractivity contribution in [1.82, 2.24) is 4.72 Å². The number of hydrogen-bond donors (Lipinski definition) is 1. The molecule has 1 aliphatic carbocycles. The van der Waals surface area contributed by atoms with Gasteiger partial charge in [-0.3, -0.25) is 0 Å². The van der Waals surface area contributed by atoms with Gasteiger partial charge < -0.3 is 0 Å². The predicted octanol–water partition coefficient (Wildman–Crippen LogP) is 3.99. The molecule has 5 heteroatoms. The zero-order valence-corrected chi connectivity index (χ0v) is 15.1. The Morgan fingerprint density at radius 1 is 1.13 bits per heavy atom. The summed E-state index contributed by atoms with van der Waals surface area (Å²) in [6, 6.07) is 11.9. The second-order valence-corrected chi connectivity index (χ2v) is 9.29. The number of aryl methyl sites for hydroxylation is 1. The molecule has 1 heterocycles. The van der Waals surface area contributed by atoms with Gasteiger partial charge in [-0.05, 0) is 36.8 Å². The third-order valence-electron chi connectivity index (χ3n) is 4.71. The van der Waals surface area contributed by atoms with E-state index < -0.39 is 10.0 Å². The Labute approximate surface area is 142 Å². The first-order valence-corrected chi connectivity index (χ1v) is 10.6. The van der Waals surface area contributed by atoms with Crippen LogP contribution in [0.15, 0.2) is 41.8 Å². The van der Waals surface area contributed by atoms with Gasteiger partial charge in [-0.2, -0.15) is 0 Å². The van der Waals surface area contributed by atoms with Crippen LogP contribution in [0.3, 0.4) is 0 Å². The molecular formula is C18H23NO2S2. The summed E-state index contributed by atoms with van der Waals surface area (Å²) in [4.78, 5) is 1.31. The Morgan fingerprint density at radius 2 is 1.83 bits per heavy atom. The molecular weight excluding hydrogens is 326 g/mol. The summed E-state index contributed by atoms with van der Waals surface area (Å²) >= 11 is 1.74. The van der Waals surface area contributed by atoms with Gasteiger partial charge in [-0.15, -0.1) is 11.3 Å². The van der Waals surface area contributed by atoms with Crippen LogP contribution in [0.2, 0.25) is 0 Å². The van der Waals surface area contributed by atoms with Gasteiger partial charge in [0.2, 0.25) is 10.0 Å². The number of benzene rings is 1. The smallest absolute Gasteiger partial charge is 0.214 e. The highest BCUT2D eigenvalue weighted by molar-refractivity contribution is 7.88. The summed E-state index contributed by atoms with van der Waals surface area (Å²) in [7, 11) is -3.31. The molecule has 1 aliphatic rings. The quantitative estimate of drug-likeness (QED) is 0.857. The van der Waals surface area contributed by atoms with Crippen molar-refractivity contribution >= 4 is 21.4 Å². The minimum absolute atomic E-state index is 0.00544. The molecule has 0 atom stereocenters. The topological polar surface area (TPSA) is 46.2 Å². The predicted molar refractivity (Wildman–Crippen MR) is 96.3 cm³/mol. The van der Waals surface area contributed by atoms with E-state index in [0.717, 1.165) is 24.0 Å². The van der Waals surface area contributed by atoms with E-state index in [-0.39, 0.29) is 11.2 Å². The summed E-state index contributed by atoms with van der Waals surface area (Å²) in [5, 5.41) is 2.08. The highest BCUT2D eigenvalue weighted by Gasteiger charge is 2.37. The van der Waals surface area contributed by atoms with E-state index >= 15 is 0 Å². The Hall–Kier alpha value is -1.17. The van der Waals surface area contributed by atoms with Crippen LogP contribution in [-0.2, 0) is 21.2 Å². The first-order valence-electron chi connectivity index (χ1n) is 8.06. The summed E-state index contributed by atoms with van der Waals surface area (Å²) in [5.41, 5.74) is 1.97. The minimum Gasteiger partial charge on any atom is -0.214 e. The van der Waals surface area contributed by atoms with Crippen molar-refractivity contribution in [3.05, 3.63) is 57.8 Å². The van der Waals surface area contributed by atoms with E-state index in [4.69, 9.17) is 0 Å². The first-order chi connectivity index (χ1) is 11.0. The van der Waals surface area contributed by atoms with E-state index in [9.17, 15) is 8.42 Å². The van der Waals surface area contributed by atoms with Crippen molar-refractivity contribution in [2.24, 2.45) is 0 Å². The fraction of sp³-hybridized carbons (Fsp3) is 0.444. The van der Waals surface area contributed by atoms with Crippen LogP contribution in [0.5, 0.6) is 0 Å². The lowest BCUT2D eigenvalue weighted by molar-refractivity contribution is 0.440. The van der Waals surface area contributed by atoms with Gasteiger partial charge in [0.05, 0.1) is 5.75 Å². The number of rotatable bonds is 6. The molecule has 1 aromatic carbocycles. The van der Waals surface area contributed by atoms with Crippen LogP contribution in [-0.4, -0.2) is 15.0 Å². The Kier molecular flexibility index (Phi) is 4.90. The number of sulfonamides is 1. The first kappa shape index (κ1) is 16.7. The van der Waals surface area contributed by atoms with E-state index in [2.05, 4.69) is 22.2 Å². The van der Waals surface area contributed by atoms with Crippen molar-refractivity contribution in [2.75, 3.05) is 6.54 Å². The largest absolute Gasteiger partial charge is 0.215 e. The lowest BCUT2D eigenvalue weighted by Gasteiger charge is -2.28.